The van der Waals surface area contributed by atoms with E-state index in [9.17, 15) is 9.18 Å². The predicted molar refractivity (Wildman–Crippen MR) is 128 cm³/mol. The summed E-state index contributed by atoms with van der Waals surface area (Å²) >= 11 is 0. The number of carbonyl (C=O) groups is 1. The number of ether oxygens (including phenoxy) is 1. The second-order valence-electron chi connectivity index (χ2n) is 7.51. The zero-order valence-electron chi connectivity index (χ0n) is 18.0. The lowest BCUT2D eigenvalue weighted by Crippen LogP contribution is -2.51. The number of carbonyl (C=O) groups excluding carboxylic acids is 1. The predicted octanol–water partition coefficient (Wildman–Crippen LogP) is 4.86. The molecule has 172 valence electrons. The molecule has 1 atom stereocenters. The van der Waals surface area contributed by atoms with Gasteiger partial charge in [0.05, 0.1) is 0 Å². The van der Waals surface area contributed by atoms with Crippen molar-refractivity contribution in [3.8, 4) is 0 Å². The lowest BCUT2D eigenvalue weighted by atomic mass is 10.1. The highest BCUT2D eigenvalue weighted by Gasteiger charge is 2.24. The molecule has 0 aromatic heterocycles. The van der Waals surface area contributed by atoms with Gasteiger partial charge in [0.2, 0.25) is 0 Å². The Hall–Kier alpha value is -1.50. The Morgan fingerprint density at radius 2 is 1.65 bits per heavy atom. The highest BCUT2D eigenvalue weighted by atomic mass is 35.5. The SMILES string of the molecule is CCOC(Cc1ccccc1)N1CCN(CCCC(=O)c2ccc(F)cc2)CC1.Cl.Cl. The number of nitrogens with zero attached hydrogens (tertiary/aromatic N) is 2. The third kappa shape index (κ3) is 8.87. The van der Waals surface area contributed by atoms with Crippen LogP contribution in [-0.2, 0) is 11.2 Å². The minimum atomic E-state index is -0.308. The molecule has 0 aliphatic carbocycles. The quantitative estimate of drug-likeness (QED) is 0.464. The van der Waals surface area contributed by atoms with E-state index in [0.717, 1.165) is 45.6 Å². The summed E-state index contributed by atoms with van der Waals surface area (Å²) in [6, 6.07) is 16.3. The van der Waals surface area contributed by atoms with Gasteiger partial charge in [-0.3, -0.25) is 9.69 Å². The molecule has 1 unspecified atom stereocenters. The van der Waals surface area contributed by atoms with Gasteiger partial charge >= 0.3 is 0 Å². The molecule has 0 radical (unpaired) electrons. The number of piperazine rings is 1. The van der Waals surface area contributed by atoms with Gasteiger partial charge in [0.25, 0.3) is 0 Å². The van der Waals surface area contributed by atoms with Crippen LogP contribution in [0.1, 0.15) is 35.7 Å². The number of ketones is 1. The van der Waals surface area contributed by atoms with Gasteiger partial charge in [-0.05, 0) is 49.7 Å². The van der Waals surface area contributed by atoms with Crippen LogP contribution in [0.25, 0.3) is 0 Å². The van der Waals surface area contributed by atoms with Crippen LogP contribution >= 0.6 is 24.8 Å². The van der Waals surface area contributed by atoms with Crippen molar-refractivity contribution in [1.82, 2.24) is 9.80 Å². The molecule has 1 aliphatic rings. The summed E-state index contributed by atoms with van der Waals surface area (Å²) in [7, 11) is 0. The first-order chi connectivity index (χ1) is 14.2. The second kappa shape index (κ2) is 14.5. The van der Waals surface area contributed by atoms with Crippen LogP contribution in [0, 0.1) is 5.82 Å². The number of halogens is 3. The fourth-order valence-electron chi connectivity index (χ4n) is 3.82. The Kier molecular flexibility index (Phi) is 12.9. The van der Waals surface area contributed by atoms with E-state index in [0.29, 0.717) is 18.6 Å². The monoisotopic (exact) mass is 470 g/mol. The highest BCUT2D eigenvalue weighted by molar-refractivity contribution is 5.95. The van der Waals surface area contributed by atoms with E-state index in [1.807, 2.05) is 13.0 Å². The summed E-state index contributed by atoms with van der Waals surface area (Å²) < 4.78 is 19.0. The molecule has 2 aromatic carbocycles. The van der Waals surface area contributed by atoms with Crippen molar-refractivity contribution < 1.29 is 13.9 Å². The maximum atomic E-state index is 13.0. The molecule has 31 heavy (non-hydrogen) atoms. The molecule has 3 rings (SSSR count). The van der Waals surface area contributed by atoms with Gasteiger partial charge < -0.3 is 9.64 Å². The van der Waals surface area contributed by atoms with Crippen molar-refractivity contribution in [3.63, 3.8) is 0 Å². The molecule has 1 heterocycles. The molecule has 2 aromatic rings. The Labute approximate surface area is 197 Å². The summed E-state index contributed by atoms with van der Waals surface area (Å²) in [5.41, 5.74) is 1.89. The van der Waals surface area contributed by atoms with Crippen LogP contribution in [0.4, 0.5) is 4.39 Å². The van der Waals surface area contributed by atoms with Crippen LogP contribution in [0.3, 0.4) is 0 Å². The molecule has 7 heteroatoms. The van der Waals surface area contributed by atoms with Gasteiger partial charge in [0.15, 0.2) is 5.78 Å². The van der Waals surface area contributed by atoms with Crippen LogP contribution in [-0.4, -0.2) is 61.1 Å². The molecule has 0 N–H and O–H groups in total. The molecule has 0 amide bonds. The molecule has 0 spiro atoms. The Morgan fingerprint density at radius 3 is 2.26 bits per heavy atom. The lowest BCUT2D eigenvalue weighted by molar-refractivity contribution is -0.0712. The topological polar surface area (TPSA) is 32.8 Å². The summed E-state index contributed by atoms with van der Waals surface area (Å²) in [6.07, 6.45) is 2.35. The van der Waals surface area contributed by atoms with Crippen molar-refractivity contribution in [2.45, 2.75) is 32.4 Å². The molecule has 4 nitrogen and oxygen atoms in total. The van der Waals surface area contributed by atoms with E-state index in [1.165, 1.54) is 17.7 Å². The van der Waals surface area contributed by atoms with Crippen LogP contribution in [0.5, 0.6) is 0 Å². The summed E-state index contributed by atoms with van der Waals surface area (Å²) in [6.45, 7) is 7.60. The summed E-state index contributed by atoms with van der Waals surface area (Å²) in [5.74, 6) is -0.222. The molecule has 1 saturated heterocycles. The average molecular weight is 471 g/mol. The smallest absolute Gasteiger partial charge is 0.162 e. The highest BCUT2D eigenvalue weighted by Crippen LogP contribution is 2.14. The van der Waals surface area contributed by atoms with E-state index in [1.54, 1.807) is 12.1 Å². The van der Waals surface area contributed by atoms with Crippen molar-refractivity contribution in [2.75, 3.05) is 39.3 Å². The number of rotatable bonds is 10. The zero-order valence-corrected chi connectivity index (χ0v) is 19.7. The van der Waals surface area contributed by atoms with Crippen LogP contribution in [0.15, 0.2) is 54.6 Å². The van der Waals surface area contributed by atoms with Gasteiger partial charge in [0.1, 0.15) is 12.0 Å². The third-order valence-electron chi connectivity index (χ3n) is 5.47. The lowest BCUT2D eigenvalue weighted by Gasteiger charge is -2.39. The number of hydrogen-bond donors (Lipinski definition) is 0. The van der Waals surface area contributed by atoms with E-state index < -0.39 is 0 Å². The summed E-state index contributed by atoms with van der Waals surface area (Å²) in [5, 5.41) is 0. The number of Topliss-reactive ketones (excluding diaryl/α,β-unsaturated/α-hetero) is 1. The van der Waals surface area contributed by atoms with Crippen molar-refractivity contribution in [1.29, 1.82) is 0 Å². The fraction of sp³-hybridized carbons (Fsp3) is 0.458. The maximum Gasteiger partial charge on any atom is 0.162 e. The molecule has 0 saturated carbocycles. The van der Waals surface area contributed by atoms with Crippen LogP contribution < -0.4 is 0 Å². The van der Waals surface area contributed by atoms with Gasteiger partial charge in [-0.1, -0.05) is 30.3 Å². The van der Waals surface area contributed by atoms with Crippen molar-refractivity contribution >= 4 is 30.6 Å². The molecule has 1 fully saturated rings. The Balaban J connectivity index is 0.00000240. The molecular formula is C24H33Cl2FN2O2. The van der Waals surface area contributed by atoms with E-state index in [-0.39, 0.29) is 42.6 Å². The van der Waals surface area contributed by atoms with E-state index >= 15 is 0 Å². The first kappa shape index (κ1) is 27.5. The largest absolute Gasteiger partial charge is 0.363 e. The average Bonchev–Trinajstić information content (AvgIpc) is 2.75. The minimum absolute atomic E-state index is 0. The third-order valence-corrected chi connectivity index (χ3v) is 5.47. The molecule has 0 bridgehead atoms. The second-order valence-corrected chi connectivity index (χ2v) is 7.51. The normalized spacial score (nSPS) is 15.5. The minimum Gasteiger partial charge on any atom is -0.363 e. The maximum absolute atomic E-state index is 13.0. The van der Waals surface area contributed by atoms with Crippen LogP contribution in [0.2, 0.25) is 0 Å². The first-order valence-electron chi connectivity index (χ1n) is 10.6. The van der Waals surface area contributed by atoms with Crippen molar-refractivity contribution in [2.24, 2.45) is 0 Å². The Morgan fingerprint density at radius 1 is 1.00 bits per heavy atom. The van der Waals surface area contributed by atoms with Gasteiger partial charge in [-0.15, -0.1) is 24.8 Å². The van der Waals surface area contributed by atoms with Gasteiger partial charge in [0, 0.05) is 51.2 Å². The first-order valence-corrected chi connectivity index (χ1v) is 10.6. The zero-order chi connectivity index (χ0) is 20.5. The number of hydrogen-bond acceptors (Lipinski definition) is 4. The molecular weight excluding hydrogens is 438 g/mol. The van der Waals surface area contributed by atoms with E-state index in [2.05, 4.69) is 34.1 Å². The summed E-state index contributed by atoms with van der Waals surface area (Å²) in [4.78, 5) is 17.1. The van der Waals surface area contributed by atoms with Crippen molar-refractivity contribution in [3.05, 3.63) is 71.5 Å². The van der Waals surface area contributed by atoms with E-state index in [4.69, 9.17) is 4.74 Å². The fourth-order valence-corrected chi connectivity index (χ4v) is 3.82. The molecule has 1 aliphatic heterocycles. The van der Waals surface area contributed by atoms with Gasteiger partial charge in [-0.25, -0.2) is 4.39 Å². The van der Waals surface area contributed by atoms with Gasteiger partial charge in [-0.2, -0.15) is 0 Å². The number of benzene rings is 2. The Bertz CT molecular complexity index is 754. The standard InChI is InChI=1S/C24H31FN2O2.2ClH/c1-2-29-24(19-20-7-4-3-5-8-20)27-17-15-26(16-18-27)14-6-9-23(28)21-10-12-22(25)13-11-21;;/h3-5,7-8,10-13,24H,2,6,9,14-19H2,1H3;2*1H.